The lowest BCUT2D eigenvalue weighted by molar-refractivity contribution is -0.0275. The van der Waals surface area contributed by atoms with Crippen LogP contribution in [0.15, 0.2) is 0 Å². The smallest absolute Gasteiger partial charge is 0.0149 e. The molecule has 0 heterocycles. The number of hydrogen-bond donors (Lipinski definition) is 0. The first kappa shape index (κ1) is 17.5. The highest BCUT2D eigenvalue weighted by molar-refractivity contribution is 7.68. The van der Waals surface area contributed by atoms with E-state index in [1.807, 2.05) is 0 Å². The molecule has 1 atom stereocenters. The van der Waals surface area contributed by atoms with Crippen LogP contribution in [0.5, 0.6) is 0 Å². The predicted molar refractivity (Wildman–Crippen MR) is 101 cm³/mol. The molecule has 3 fully saturated rings. The largest absolute Gasteiger partial charge is 0.100 e. The Morgan fingerprint density at radius 2 is 0.909 bits per heavy atom. The molecule has 0 aromatic rings. The minimum Gasteiger partial charge on any atom is -0.100 e. The Morgan fingerprint density at radius 1 is 0.591 bits per heavy atom. The standard InChI is InChI=1S/C20H36ClP/c21-22-16-20(17-10-4-1-5-11-17,18-12-6-2-7-13-18)19-14-8-3-9-15-19/h17-19,22H,1-16H2. The van der Waals surface area contributed by atoms with Crippen molar-refractivity contribution in [3.63, 3.8) is 0 Å². The quantitative estimate of drug-likeness (QED) is 0.452. The molecule has 0 N–H and O–H groups in total. The van der Waals surface area contributed by atoms with Gasteiger partial charge in [-0.15, -0.1) is 11.2 Å². The van der Waals surface area contributed by atoms with E-state index in [2.05, 4.69) is 0 Å². The number of hydrogen-bond acceptors (Lipinski definition) is 0. The lowest BCUT2D eigenvalue weighted by atomic mass is 9.52. The predicted octanol–water partition coefficient (Wildman–Crippen LogP) is 7.55. The Bertz CT molecular complexity index is 266. The summed E-state index contributed by atoms with van der Waals surface area (Å²) in [5, 5.41) is 0. The summed E-state index contributed by atoms with van der Waals surface area (Å²) in [6.45, 7) is 0. The summed E-state index contributed by atoms with van der Waals surface area (Å²) >= 11 is 6.47. The van der Waals surface area contributed by atoms with Crippen molar-refractivity contribution in [1.29, 1.82) is 0 Å². The summed E-state index contributed by atoms with van der Waals surface area (Å²) < 4.78 is 0. The highest BCUT2D eigenvalue weighted by atomic mass is 35.7. The van der Waals surface area contributed by atoms with E-state index in [1.165, 1.54) is 102 Å². The van der Waals surface area contributed by atoms with E-state index in [-0.39, 0.29) is 0 Å². The average Bonchev–Trinajstić information content (AvgIpc) is 2.62. The van der Waals surface area contributed by atoms with Crippen molar-refractivity contribution in [2.45, 2.75) is 96.3 Å². The van der Waals surface area contributed by atoms with Crippen molar-refractivity contribution in [1.82, 2.24) is 0 Å². The fourth-order valence-corrected chi connectivity index (χ4v) is 8.26. The van der Waals surface area contributed by atoms with E-state index in [4.69, 9.17) is 11.2 Å². The summed E-state index contributed by atoms with van der Waals surface area (Å²) in [5.41, 5.74) is 0.640. The van der Waals surface area contributed by atoms with Crippen LogP contribution in [-0.2, 0) is 0 Å². The fraction of sp³-hybridized carbons (Fsp3) is 1.00. The van der Waals surface area contributed by atoms with Gasteiger partial charge >= 0.3 is 0 Å². The molecule has 0 aromatic carbocycles. The van der Waals surface area contributed by atoms with Gasteiger partial charge in [-0.2, -0.15) is 0 Å². The summed E-state index contributed by atoms with van der Waals surface area (Å²) in [7, 11) is 0.654. The Labute approximate surface area is 145 Å². The minimum atomic E-state index is 0.640. The van der Waals surface area contributed by atoms with Gasteiger partial charge in [-0.05, 0) is 75.8 Å². The SMILES string of the molecule is ClPCC(C1CCCCC1)(C1CCCCC1)C1CCCCC1. The summed E-state index contributed by atoms with van der Waals surface area (Å²) in [5.74, 6) is 3.04. The van der Waals surface area contributed by atoms with Gasteiger partial charge in [-0.25, -0.2) is 0 Å². The Hall–Kier alpha value is 0.720. The van der Waals surface area contributed by atoms with Crippen LogP contribution in [0, 0.1) is 23.2 Å². The van der Waals surface area contributed by atoms with Crippen LogP contribution in [0.1, 0.15) is 96.3 Å². The van der Waals surface area contributed by atoms with Crippen LogP contribution in [-0.4, -0.2) is 6.16 Å². The molecular weight excluding hydrogens is 307 g/mol. The first-order valence-corrected chi connectivity index (χ1v) is 12.4. The van der Waals surface area contributed by atoms with Crippen molar-refractivity contribution < 1.29 is 0 Å². The van der Waals surface area contributed by atoms with Gasteiger partial charge in [0.2, 0.25) is 0 Å². The second-order valence-corrected chi connectivity index (χ2v) is 9.85. The maximum atomic E-state index is 6.47. The molecule has 2 heteroatoms. The molecule has 0 spiro atoms. The molecule has 22 heavy (non-hydrogen) atoms. The maximum absolute atomic E-state index is 6.47. The Kier molecular flexibility index (Phi) is 6.94. The minimum absolute atomic E-state index is 0.640. The van der Waals surface area contributed by atoms with Crippen molar-refractivity contribution in [3.8, 4) is 0 Å². The molecule has 0 bridgehead atoms. The van der Waals surface area contributed by atoms with Crippen molar-refractivity contribution in [2.24, 2.45) is 23.2 Å². The second kappa shape index (κ2) is 8.71. The third-order valence-electron chi connectivity index (χ3n) is 7.47. The van der Waals surface area contributed by atoms with Gasteiger partial charge in [0.1, 0.15) is 0 Å². The first-order chi connectivity index (χ1) is 10.9. The van der Waals surface area contributed by atoms with E-state index in [0.717, 1.165) is 17.8 Å². The number of halogens is 1. The fourth-order valence-electron chi connectivity index (χ4n) is 6.47. The van der Waals surface area contributed by atoms with Crippen LogP contribution in [0.3, 0.4) is 0 Å². The van der Waals surface area contributed by atoms with Gasteiger partial charge in [0.05, 0.1) is 0 Å². The molecule has 3 rings (SSSR count). The molecule has 128 valence electrons. The average molecular weight is 343 g/mol. The van der Waals surface area contributed by atoms with Gasteiger partial charge in [0.25, 0.3) is 0 Å². The lowest BCUT2D eigenvalue weighted by Gasteiger charge is -2.55. The molecule has 3 aliphatic rings. The molecule has 0 aromatic heterocycles. The second-order valence-electron chi connectivity index (χ2n) is 8.43. The zero-order chi connectivity index (χ0) is 15.3. The monoisotopic (exact) mass is 342 g/mol. The van der Waals surface area contributed by atoms with Gasteiger partial charge in [-0.3, -0.25) is 0 Å². The van der Waals surface area contributed by atoms with Crippen LogP contribution in [0.4, 0.5) is 0 Å². The maximum Gasteiger partial charge on any atom is -0.0149 e. The number of rotatable bonds is 5. The molecule has 0 saturated heterocycles. The van der Waals surface area contributed by atoms with Crippen molar-refractivity contribution >= 4 is 19.2 Å². The van der Waals surface area contributed by atoms with Crippen LogP contribution >= 0.6 is 19.2 Å². The van der Waals surface area contributed by atoms with Crippen LogP contribution in [0.25, 0.3) is 0 Å². The van der Waals surface area contributed by atoms with Gasteiger partial charge in [-0.1, -0.05) is 57.8 Å². The lowest BCUT2D eigenvalue weighted by Crippen LogP contribution is -2.48. The van der Waals surface area contributed by atoms with Gasteiger partial charge in [0, 0.05) is 0 Å². The van der Waals surface area contributed by atoms with Crippen molar-refractivity contribution in [2.75, 3.05) is 6.16 Å². The van der Waals surface area contributed by atoms with E-state index >= 15 is 0 Å². The topological polar surface area (TPSA) is 0 Å². The third kappa shape index (κ3) is 3.69. The Morgan fingerprint density at radius 3 is 1.18 bits per heavy atom. The molecule has 0 radical (unpaired) electrons. The highest BCUT2D eigenvalue weighted by Gasteiger charge is 2.49. The van der Waals surface area contributed by atoms with Crippen LogP contribution < -0.4 is 0 Å². The van der Waals surface area contributed by atoms with E-state index in [1.54, 1.807) is 0 Å². The molecule has 3 saturated carbocycles. The molecule has 0 amide bonds. The molecule has 3 aliphatic carbocycles. The first-order valence-electron chi connectivity index (χ1n) is 10.2. The molecular formula is C20H36ClP. The summed E-state index contributed by atoms with van der Waals surface area (Å²) in [6, 6.07) is 0. The summed E-state index contributed by atoms with van der Waals surface area (Å²) in [4.78, 5) is 0. The van der Waals surface area contributed by atoms with Crippen LogP contribution in [0.2, 0.25) is 0 Å². The highest BCUT2D eigenvalue weighted by Crippen LogP contribution is 2.58. The Balaban J connectivity index is 1.88. The van der Waals surface area contributed by atoms with E-state index in [0.29, 0.717) is 13.3 Å². The molecule has 0 nitrogen and oxygen atoms in total. The summed E-state index contributed by atoms with van der Waals surface area (Å²) in [6.07, 6.45) is 23.9. The third-order valence-corrected chi connectivity index (χ3v) is 8.62. The van der Waals surface area contributed by atoms with Crippen molar-refractivity contribution in [3.05, 3.63) is 0 Å². The van der Waals surface area contributed by atoms with E-state index in [9.17, 15) is 0 Å². The normalized spacial score (nSPS) is 27.7. The molecule has 1 unspecified atom stereocenters. The molecule has 0 aliphatic heterocycles. The zero-order valence-corrected chi connectivity index (χ0v) is 16.2. The van der Waals surface area contributed by atoms with Gasteiger partial charge < -0.3 is 0 Å². The zero-order valence-electron chi connectivity index (χ0n) is 14.4. The van der Waals surface area contributed by atoms with Gasteiger partial charge in [0.15, 0.2) is 0 Å². The van der Waals surface area contributed by atoms with E-state index < -0.39 is 0 Å².